The molecule has 1 aliphatic carbocycles. The van der Waals surface area contributed by atoms with Gasteiger partial charge in [-0.3, -0.25) is 0 Å². The number of halogens is 2. The molecule has 1 aliphatic rings. The van der Waals surface area contributed by atoms with Crippen molar-refractivity contribution < 1.29 is 0 Å². The van der Waals surface area contributed by atoms with E-state index in [1.54, 1.807) is 0 Å². The number of nitrogens with one attached hydrogen (secondary N) is 2. The fraction of sp³-hybridized carbons (Fsp3) is 0.154. The molecule has 2 rings (SSSR count). The number of anilines is 1. The van der Waals surface area contributed by atoms with Crippen molar-refractivity contribution in [2.45, 2.75) is 12.8 Å². The highest BCUT2D eigenvalue weighted by Gasteiger charge is 2.03. The fourth-order valence-corrected chi connectivity index (χ4v) is 2.33. The highest BCUT2D eigenvalue weighted by atomic mass is 127. The van der Waals surface area contributed by atoms with Crippen molar-refractivity contribution in [2.75, 3.05) is 5.32 Å². The molecule has 0 bridgehead atoms. The van der Waals surface area contributed by atoms with E-state index in [1.807, 2.05) is 24.3 Å². The summed E-state index contributed by atoms with van der Waals surface area (Å²) in [6.07, 6.45) is 8.45. The van der Waals surface area contributed by atoms with E-state index in [4.69, 9.17) is 23.8 Å². The third kappa shape index (κ3) is 3.96. The second-order valence-corrected chi connectivity index (χ2v) is 5.82. The van der Waals surface area contributed by atoms with Gasteiger partial charge in [0.15, 0.2) is 5.11 Å². The number of thiocarbonyl (C=S) groups is 1. The van der Waals surface area contributed by atoms with E-state index in [2.05, 4.69) is 45.4 Å². The molecule has 94 valence electrons. The van der Waals surface area contributed by atoms with Gasteiger partial charge in [-0.2, -0.15) is 0 Å². The first kappa shape index (κ1) is 13.8. The Morgan fingerprint density at radius 2 is 2.11 bits per heavy atom. The number of allylic oxidation sites excluding steroid dienone is 3. The van der Waals surface area contributed by atoms with Crippen LogP contribution in [0.5, 0.6) is 0 Å². The van der Waals surface area contributed by atoms with Crippen molar-refractivity contribution in [2.24, 2.45) is 0 Å². The van der Waals surface area contributed by atoms with Crippen LogP contribution >= 0.6 is 46.4 Å². The summed E-state index contributed by atoms with van der Waals surface area (Å²) in [6.45, 7) is 0. The van der Waals surface area contributed by atoms with Gasteiger partial charge < -0.3 is 10.6 Å². The Morgan fingerprint density at radius 3 is 2.78 bits per heavy atom. The van der Waals surface area contributed by atoms with Gasteiger partial charge in [-0.05, 0) is 71.9 Å². The monoisotopic (exact) mass is 390 g/mol. The lowest BCUT2D eigenvalue weighted by Gasteiger charge is -2.13. The molecule has 0 heterocycles. The maximum absolute atomic E-state index is 6.06. The van der Waals surface area contributed by atoms with Gasteiger partial charge in [0.1, 0.15) is 0 Å². The van der Waals surface area contributed by atoms with Gasteiger partial charge in [-0.1, -0.05) is 23.8 Å². The van der Waals surface area contributed by atoms with Crippen LogP contribution in [0.15, 0.2) is 42.1 Å². The van der Waals surface area contributed by atoms with Crippen LogP contribution in [0.3, 0.4) is 0 Å². The van der Waals surface area contributed by atoms with E-state index in [9.17, 15) is 0 Å². The molecule has 0 aromatic heterocycles. The predicted octanol–water partition coefficient (Wildman–Crippen LogP) is 4.46. The van der Waals surface area contributed by atoms with Crippen molar-refractivity contribution in [3.05, 3.63) is 50.7 Å². The Labute approximate surface area is 131 Å². The van der Waals surface area contributed by atoms with E-state index in [0.29, 0.717) is 5.11 Å². The maximum Gasteiger partial charge on any atom is 0.175 e. The zero-order chi connectivity index (χ0) is 13.0. The zero-order valence-corrected chi connectivity index (χ0v) is 13.3. The van der Waals surface area contributed by atoms with E-state index >= 15 is 0 Å². The minimum atomic E-state index is 0.574. The lowest BCUT2D eigenvalue weighted by Crippen LogP contribution is -2.27. The molecule has 0 atom stereocenters. The van der Waals surface area contributed by atoms with Gasteiger partial charge in [0.05, 0.1) is 5.02 Å². The molecule has 0 saturated carbocycles. The number of benzene rings is 1. The molecular weight excluding hydrogens is 379 g/mol. The topological polar surface area (TPSA) is 24.1 Å². The second kappa shape index (κ2) is 6.54. The van der Waals surface area contributed by atoms with Gasteiger partial charge >= 0.3 is 0 Å². The Hall–Kier alpha value is -0.590. The maximum atomic E-state index is 6.06. The zero-order valence-electron chi connectivity index (χ0n) is 9.54. The van der Waals surface area contributed by atoms with Crippen LogP contribution in [0.25, 0.3) is 0 Å². The highest BCUT2D eigenvalue weighted by molar-refractivity contribution is 14.1. The van der Waals surface area contributed by atoms with Crippen molar-refractivity contribution >= 4 is 57.2 Å². The Kier molecular flexibility index (Phi) is 5.03. The van der Waals surface area contributed by atoms with E-state index in [0.717, 1.165) is 32.8 Å². The second-order valence-electron chi connectivity index (χ2n) is 3.85. The van der Waals surface area contributed by atoms with Gasteiger partial charge in [0.2, 0.25) is 0 Å². The Balaban J connectivity index is 1.96. The first-order valence-electron chi connectivity index (χ1n) is 5.55. The first-order valence-corrected chi connectivity index (χ1v) is 7.41. The lowest BCUT2D eigenvalue weighted by molar-refractivity contribution is 0.987. The first-order chi connectivity index (χ1) is 8.65. The Morgan fingerprint density at radius 1 is 1.28 bits per heavy atom. The molecule has 0 saturated heterocycles. The highest BCUT2D eigenvalue weighted by Crippen LogP contribution is 2.22. The summed E-state index contributed by atoms with van der Waals surface area (Å²) in [5.74, 6) is 0. The molecule has 0 unspecified atom stereocenters. The van der Waals surface area contributed by atoms with Crippen LogP contribution in [-0.2, 0) is 0 Å². The molecule has 2 nitrogen and oxygen atoms in total. The third-order valence-electron chi connectivity index (χ3n) is 2.43. The van der Waals surface area contributed by atoms with Crippen molar-refractivity contribution in [3.8, 4) is 0 Å². The average molecular weight is 391 g/mol. The Bertz CT molecular complexity index is 526. The van der Waals surface area contributed by atoms with Crippen molar-refractivity contribution in [1.82, 2.24) is 5.32 Å². The summed E-state index contributed by atoms with van der Waals surface area (Å²) in [7, 11) is 0. The summed E-state index contributed by atoms with van der Waals surface area (Å²) in [5.41, 5.74) is 1.92. The molecule has 0 radical (unpaired) electrons. The third-order valence-corrected chi connectivity index (χ3v) is 4.21. The minimum Gasteiger partial charge on any atom is -0.333 e. The molecule has 1 aromatic carbocycles. The van der Waals surface area contributed by atoms with Gasteiger partial charge in [0.25, 0.3) is 0 Å². The molecule has 18 heavy (non-hydrogen) atoms. The number of rotatable bonds is 2. The number of hydrogen-bond donors (Lipinski definition) is 2. The van der Waals surface area contributed by atoms with Crippen LogP contribution in [-0.4, -0.2) is 5.11 Å². The largest absolute Gasteiger partial charge is 0.333 e. The molecule has 1 aromatic rings. The predicted molar refractivity (Wildman–Crippen MR) is 90.0 cm³/mol. The van der Waals surface area contributed by atoms with Gasteiger partial charge in [-0.25, -0.2) is 0 Å². The van der Waals surface area contributed by atoms with Crippen LogP contribution in [0.2, 0.25) is 5.02 Å². The fourth-order valence-electron chi connectivity index (χ4n) is 1.57. The van der Waals surface area contributed by atoms with E-state index in [1.165, 1.54) is 0 Å². The average Bonchev–Trinajstić information content (AvgIpc) is 2.35. The number of hydrogen-bond acceptors (Lipinski definition) is 1. The smallest absolute Gasteiger partial charge is 0.175 e. The lowest BCUT2D eigenvalue weighted by atomic mass is 10.1. The SMILES string of the molecule is S=C(NC1=CCCC=C1)Nc1ccc(I)c(Cl)c1. The summed E-state index contributed by atoms with van der Waals surface area (Å²) in [5, 5.41) is 7.56. The van der Waals surface area contributed by atoms with Crippen LogP contribution < -0.4 is 10.6 Å². The summed E-state index contributed by atoms with van der Waals surface area (Å²) in [6, 6.07) is 5.77. The van der Waals surface area contributed by atoms with Crippen molar-refractivity contribution in [3.63, 3.8) is 0 Å². The van der Waals surface area contributed by atoms with Crippen LogP contribution in [0.1, 0.15) is 12.8 Å². The molecule has 5 heteroatoms. The summed E-state index contributed by atoms with van der Waals surface area (Å²) in [4.78, 5) is 0. The molecule has 2 N–H and O–H groups in total. The van der Waals surface area contributed by atoms with E-state index in [-0.39, 0.29) is 0 Å². The molecular formula is C13H12ClIN2S. The quantitative estimate of drug-likeness (QED) is 0.576. The van der Waals surface area contributed by atoms with Crippen LogP contribution in [0, 0.1) is 3.57 Å². The summed E-state index contributed by atoms with van der Waals surface area (Å²) < 4.78 is 1.02. The molecule has 0 fully saturated rings. The van der Waals surface area contributed by atoms with Crippen LogP contribution in [0.4, 0.5) is 5.69 Å². The molecule has 0 amide bonds. The normalized spacial score (nSPS) is 14.0. The molecule has 0 spiro atoms. The van der Waals surface area contributed by atoms with Crippen molar-refractivity contribution in [1.29, 1.82) is 0 Å². The minimum absolute atomic E-state index is 0.574. The standard InChI is InChI=1S/C13H12ClIN2S/c14-11-8-10(6-7-12(11)15)17-13(18)16-9-4-2-1-3-5-9/h2,4-8H,1,3H2,(H2,16,17,18). The molecule has 0 aliphatic heterocycles. The van der Waals surface area contributed by atoms with Gasteiger partial charge in [0, 0.05) is 15.0 Å². The summed E-state index contributed by atoms with van der Waals surface area (Å²) >= 11 is 13.5. The van der Waals surface area contributed by atoms with Gasteiger partial charge in [-0.15, -0.1) is 0 Å². The van der Waals surface area contributed by atoms with E-state index < -0.39 is 0 Å².